The smallest absolute Gasteiger partial charge is 0.269 e. The molecule has 1 aliphatic rings. The van der Waals surface area contributed by atoms with Gasteiger partial charge in [0.2, 0.25) is 5.91 Å². The maximum absolute atomic E-state index is 12.4. The van der Waals surface area contributed by atoms with Gasteiger partial charge < -0.3 is 4.74 Å². The lowest BCUT2D eigenvalue weighted by atomic mass is 10.1. The number of morpholine rings is 1. The van der Waals surface area contributed by atoms with Crippen LogP contribution in [0.1, 0.15) is 10.4 Å². The van der Waals surface area contributed by atoms with E-state index in [4.69, 9.17) is 9.72 Å². The van der Waals surface area contributed by atoms with E-state index >= 15 is 0 Å². The average molecular weight is 451 g/mol. The Morgan fingerprint density at radius 1 is 1.16 bits per heavy atom. The molecule has 32 heavy (non-hydrogen) atoms. The normalized spacial score (nSPS) is 14.5. The number of hydrogen-bond donors (Lipinski definition) is 1. The van der Waals surface area contributed by atoms with Gasteiger partial charge >= 0.3 is 0 Å². The lowest BCUT2D eigenvalue weighted by Crippen LogP contribution is -2.35. The Morgan fingerprint density at radius 3 is 2.56 bits per heavy atom. The standard InChI is InChI=1S/C23H22N4O4S/c28-21(11-8-17-6-9-19(10-7-17)27(29)30)24-23-25-22(18-4-2-1-3-5-18)20(32-23)16-26-12-14-31-15-13-26/h1-11H,12-16H2,(H,24,25,28)/b11-8+. The van der Waals surface area contributed by atoms with Gasteiger partial charge in [0.1, 0.15) is 0 Å². The molecule has 164 valence electrons. The van der Waals surface area contributed by atoms with Crippen LogP contribution < -0.4 is 5.32 Å². The number of thiazole rings is 1. The summed E-state index contributed by atoms with van der Waals surface area (Å²) >= 11 is 1.47. The Labute approximate surface area is 189 Å². The molecule has 3 aromatic rings. The monoisotopic (exact) mass is 450 g/mol. The third-order valence-corrected chi connectivity index (χ3v) is 5.93. The van der Waals surface area contributed by atoms with Gasteiger partial charge in [0.15, 0.2) is 5.13 Å². The van der Waals surface area contributed by atoms with E-state index in [1.807, 2.05) is 30.3 Å². The van der Waals surface area contributed by atoms with Crippen molar-refractivity contribution in [3.63, 3.8) is 0 Å². The first-order valence-electron chi connectivity index (χ1n) is 10.2. The molecule has 8 nitrogen and oxygen atoms in total. The van der Waals surface area contributed by atoms with Crippen molar-refractivity contribution in [2.75, 3.05) is 31.6 Å². The Balaban J connectivity index is 1.48. The number of nitro groups is 1. The summed E-state index contributed by atoms with van der Waals surface area (Å²) in [5.74, 6) is -0.311. The first-order valence-corrected chi connectivity index (χ1v) is 11.0. The van der Waals surface area contributed by atoms with Crippen LogP contribution in [0.4, 0.5) is 10.8 Å². The maximum atomic E-state index is 12.4. The lowest BCUT2D eigenvalue weighted by molar-refractivity contribution is -0.384. The molecule has 1 aliphatic heterocycles. The minimum atomic E-state index is -0.457. The average Bonchev–Trinajstić information content (AvgIpc) is 3.21. The van der Waals surface area contributed by atoms with E-state index in [9.17, 15) is 14.9 Å². The second kappa shape index (κ2) is 10.3. The predicted octanol–water partition coefficient (Wildman–Crippen LogP) is 4.20. The molecular weight excluding hydrogens is 428 g/mol. The third-order valence-electron chi connectivity index (χ3n) is 4.98. The van der Waals surface area contributed by atoms with Crippen LogP contribution in [-0.4, -0.2) is 47.0 Å². The van der Waals surface area contributed by atoms with Crippen molar-refractivity contribution in [2.24, 2.45) is 0 Å². The van der Waals surface area contributed by atoms with Crippen LogP contribution in [0, 0.1) is 10.1 Å². The molecule has 9 heteroatoms. The van der Waals surface area contributed by atoms with E-state index < -0.39 is 4.92 Å². The molecule has 2 aromatic carbocycles. The summed E-state index contributed by atoms with van der Waals surface area (Å²) in [6.07, 6.45) is 3.01. The van der Waals surface area contributed by atoms with Crippen LogP contribution in [0.5, 0.6) is 0 Å². The third kappa shape index (κ3) is 5.64. The molecule has 1 N–H and O–H groups in total. The quantitative estimate of drug-likeness (QED) is 0.329. The first-order chi connectivity index (χ1) is 15.6. The summed E-state index contributed by atoms with van der Waals surface area (Å²) in [6, 6.07) is 15.9. The topological polar surface area (TPSA) is 97.6 Å². The van der Waals surface area contributed by atoms with Crippen LogP contribution in [0.3, 0.4) is 0 Å². The largest absolute Gasteiger partial charge is 0.379 e. The summed E-state index contributed by atoms with van der Waals surface area (Å²) in [5.41, 5.74) is 2.59. The number of aromatic nitrogens is 1. The molecule has 0 atom stereocenters. The number of non-ortho nitro benzene ring substituents is 1. The van der Waals surface area contributed by atoms with Crippen molar-refractivity contribution in [1.82, 2.24) is 9.88 Å². The number of benzene rings is 2. The van der Waals surface area contributed by atoms with Crippen molar-refractivity contribution in [1.29, 1.82) is 0 Å². The van der Waals surface area contributed by atoms with E-state index in [1.165, 1.54) is 29.5 Å². The molecule has 2 heterocycles. The lowest BCUT2D eigenvalue weighted by Gasteiger charge is -2.26. The number of nitrogens with zero attached hydrogens (tertiary/aromatic N) is 3. The van der Waals surface area contributed by atoms with Gasteiger partial charge in [-0.05, 0) is 23.8 Å². The van der Waals surface area contributed by atoms with Crippen molar-refractivity contribution in [2.45, 2.75) is 6.54 Å². The zero-order chi connectivity index (χ0) is 22.3. The fraction of sp³-hybridized carbons (Fsp3) is 0.217. The molecule has 1 saturated heterocycles. The molecule has 0 unspecified atom stereocenters. The molecule has 1 fully saturated rings. The summed E-state index contributed by atoms with van der Waals surface area (Å²) in [4.78, 5) is 30.8. The number of nitro benzene ring substituents is 1. The SMILES string of the molecule is O=C(/C=C/c1ccc([N+](=O)[O-])cc1)Nc1nc(-c2ccccc2)c(CN2CCOCC2)s1. The van der Waals surface area contributed by atoms with E-state index in [1.54, 1.807) is 18.2 Å². The highest BCUT2D eigenvalue weighted by atomic mass is 32.1. The number of nitrogens with one attached hydrogen (secondary N) is 1. The van der Waals surface area contributed by atoms with Gasteiger partial charge in [0.25, 0.3) is 5.69 Å². The number of amides is 1. The second-order valence-corrected chi connectivity index (χ2v) is 8.30. The van der Waals surface area contributed by atoms with Crippen LogP contribution in [0.2, 0.25) is 0 Å². The zero-order valence-electron chi connectivity index (χ0n) is 17.3. The van der Waals surface area contributed by atoms with E-state index in [-0.39, 0.29) is 11.6 Å². The molecular formula is C23H22N4O4S. The number of anilines is 1. The number of rotatable bonds is 7. The Kier molecular flexibility index (Phi) is 7.00. The minimum Gasteiger partial charge on any atom is -0.379 e. The number of hydrogen-bond acceptors (Lipinski definition) is 7. The van der Waals surface area contributed by atoms with Gasteiger partial charge in [0, 0.05) is 48.3 Å². The highest BCUT2D eigenvalue weighted by Gasteiger charge is 2.18. The highest BCUT2D eigenvalue weighted by Crippen LogP contribution is 2.32. The molecule has 0 aliphatic carbocycles. The summed E-state index contributed by atoms with van der Waals surface area (Å²) in [7, 11) is 0. The fourth-order valence-corrected chi connectivity index (χ4v) is 4.35. The number of carbonyl (C=O) groups is 1. The molecule has 4 rings (SSSR count). The van der Waals surface area contributed by atoms with Crippen LogP contribution in [-0.2, 0) is 16.1 Å². The molecule has 0 radical (unpaired) electrons. The van der Waals surface area contributed by atoms with Crippen LogP contribution in [0.25, 0.3) is 17.3 Å². The molecule has 0 spiro atoms. The maximum Gasteiger partial charge on any atom is 0.269 e. The van der Waals surface area contributed by atoms with Gasteiger partial charge in [-0.25, -0.2) is 4.98 Å². The van der Waals surface area contributed by atoms with Gasteiger partial charge in [-0.3, -0.25) is 25.1 Å². The van der Waals surface area contributed by atoms with Crippen molar-refractivity contribution in [3.8, 4) is 11.3 Å². The molecule has 1 aromatic heterocycles. The Morgan fingerprint density at radius 2 is 1.88 bits per heavy atom. The first kappa shape index (κ1) is 21.8. The molecule has 0 saturated carbocycles. The second-order valence-electron chi connectivity index (χ2n) is 7.22. The fourth-order valence-electron chi connectivity index (χ4n) is 3.32. The molecule has 0 bridgehead atoms. The minimum absolute atomic E-state index is 0.00984. The zero-order valence-corrected chi connectivity index (χ0v) is 18.1. The van der Waals surface area contributed by atoms with E-state index in [2.05, 4.69) is 10.2 Å². The Bertz CT molecular complexity index is 1110. The van der Waals surface area contributed by atoms with Crippen molar-refractivity contribution >= 4 is 34.1 Å². The van der Waals surface area contributed by atoms with Gasteiger partial charge in [-0.15, -0.1) is 0 Å². The van der Waals surface area contributed by atoms with Gasteiger partial charge in [-0.2, -0.15) is 0 Å². The van der Waals surface area contributed by atoms with Crippen molar-refractivity contribution < 1.29 is 14.5 Å². The van der Waals surface area contributed by atoms with Crippen LogP contribution in [0.15, 0.2) is 60.7 Å². The predicted molar refractivity (Wildman–Crippen MR) is 124 cm³/mol. The number of carbonyl (C=O) groups excluding carboxylic acids is 1. The van der Waals surface area contributed by atoms with E-state index in [0.717, 1.165) is 49.0 Å². The van der Waals surface area contributed by atoms with Crippen molar-refractivity contribution in [3.05, 3.63) is 81.2 Å². The van der Waals surface area contributed by atoms with Gasteiger partial charge in [0.05, 0.1) is 23.8 Å². The molecule has 1 amide bonds. The van der Waals surface area contributed by atoms with Gasteiger partial charge in [-0.1, -0.05) is 41.7 Å². The summed E-state index contributed by atoms with van der Waals surface area (Å²) in [6.45, 7) is 3.92. The Hall–Kier alpha value is -3.40. The summed E-state index contributed by atoms with van der Waals surface area (Å²) < 4.78 is 5.44. The highest BCUT2D eigenvalue weighted by molar-refractivity contribution is 7.16. The van der Waals surface area contributed by atoms with Crippen LogP contribution >= 0.6 is 11.3 Å². The summed E-state index contributed by atoms with van der Waals surface area (Å²) in [5, 5.41) is 14.1. The van der Waals surface area contributed by atoms with E-state index in [0.29, 0.717) is 10.7 Å². The number of ether oxygens (including phenoxy) is 1.